The molecular weight excluding hydrogens is 384 g/mol. The zero-order valence-corrected chi connectivity index (χ0v) is 18.5. The van der Waals surface area contributed by atoms with Crippen molar-refractivity contribution in [3.8, 4) is 5.75 Å². The number of carbonyl (C=O) groups is 1. The maximum absolute atomic E-state index is 12.5. The molecule has 0 unspecified atom stereocenters. The van der Waals surface area contributed by atoms with E-state index in [4.69, 9.17) is 9.47 Å². The quantitative estimate of drug-likeness (QED) is 0.807. The van der Waals surface area contributed by atoms with Crippen LogP contribution in [0.4, 0.5) is 4.79 Å². The molecule has 2 aromatic rings. The fourth-order valence-electron chi connectivity index (χ4n) is 3.77. The first-order valence-electron chi connectivity index (χ1n) is 10.4. The SMILES string of the molecule is COc1ccc2c(C)nc(=O)n(CCN3CCC(NC(=O)OC(C)(C)C)CC3)c2c1. The van der Waals surface area contributed by atoms with Crippen molar-refractivity contribution in [1.29, 1.82) is 0 Å². The molecular formula is C22H32N4O4. The zero-order chi connectivity index (χ0) is 21.9. The highest BCUT2D eigenvalue weighted by Gasteiger charge is 2.23. The summed E-state index contributed by atoms with van der Waals surface area (Å²) in [6, 6.07) is 5.83. The van der Waals surface area contributed by atoms with Gasteiger partial charge in [-0.2, -0.15) is 4.98 Å². The molecule has 0 bridgehead atoms. The van der Waals surface area contributed by atoms with Crippen LogP contribution in [-0.2, 0) is 11.3 Å². The van der Waals surface area contributed by atoms with Crippen LogP contribution < -0.4 is 15.7 Å². The average Bonchev–Trinajstić information content (AvgIpc) is 2.67. The number of likely N-dealkylation sites (tertiary alicyclic amines) is 1. The summed E-state index contributed by atoms with van der Waals surface area (Å²) in [5.41, 5.74) is 0.831. The van der Waals surface area contributed by atoms with Crippen LogP contribution in [-0.4, -0.2) is 58.9 Å². The van der Waals surface area contributed by atoms with E-state index < -0.39 is 5.60 Å². The van der Waals surface area contributed by atoms with Gasteiger partial charge in [0.25, 0.3) is 0 Å². The Morgan fingerprint density at radius 1 is 1.23 bits per heavy atom. The van der Waals surface area contributed by atoms with Crippen LogP contribution >= 0.6 is 0 Å². The van der Waals surface area contributed by atoms with Gasteiger partial charge in [-0.25, -0.2) is 9.59 Å². The van der Waals surface area contributed by atoms with Gasteiger partial charge < -0.3 is 19.7 Å². The second-order valence-corrected chi connectivity index (χ2v) is 8.78. The van der Waals surface area contributed by atoms with Crippen molar-refractivity contribution in [3.05, 3.63) is 34.4 Å². The minimum Gasteiger partial charge on any atom is -0.497 e. The Kier molecular flexibility index (Phi) is 6.65. The van der Waals surface area contributed by atoms with E-state index >= 15 is 0 Å². The Morgan fingerprint density at radius 2 is 1.93 bits per heavy atom. The number of nitrogens with one attached hydrogen (secondary N) is 1. The largest absolute Gasteiger partial charge is 0.497 e. The lowest BCUT2D eigenvalue weighted by Crippen LogP contribution is -2.46. The maximum atomic E-state index is 12.5. The van der Waals surface area contributed by atoms with Gasteiger partial charge in [-0.05, 0) is 52.7 Å². The second kappa shape index (κ2) is 9.04. The first-order chi connectivity index (χ1) is 14.2. The Balaban J connectivity index is 1.60. The number of hydrogen-bond donors (Lipinski definition) is 1. The van der Waals surface area contributed by atoms with Crippen molar-refractivity contribution in [2.24, 2.45) is 0 Å². The van der Waals surface area contributed by atoms with Crippen LogP contribution in [0.1, 0.15) is 39.3 Å². The topological polar surface area (TPSA) is 85.7 Å². The van der Waals surface area contributed by atoms with Gasteiger partial charge in [-0.3, -0.25) is 4.57 Å². The van der Waals surface area contributed by atoms with Gasteiger partial charge >= 0.3 is 11.8 Å². The highest BCUT2D eigenvalue weighted by Crippen LogP contribution is 2.21. The van der Waals surface area contributed by atoms with E-state index in [-0.39, 0.29) is 17.8 Å². The van der Waals surface area contributed by atoms with Crippen LogP contribution in [0.2, 0.25) is 0 Å². The number of ether oxygens (including phenoxy) is 2. The number of methoxy groups -OCH3 is 1. The van der Waals surface area contributed by atoms with Crippen molar-refractivity contribution in [3.63, 3.8) is 0 Å². The van der Waals surface area contributed by atoms with Gasteiger partial charge in [-0.15, -0.1) is 0 Å². The normalized spacial score (nSPS) is 15.9. The van der Waals surface area contributed by atoms with Gasteiger partial charge in [0, 0.05) is 43.7 Å². The molecule has 1 aromatic carbocycles. The van der Waals surface area contributed by atoms with Gasteiger partial charge in [0.15, 0.2) is 0 Å². The summed E-state index contributed by atoms with van der Waals surface area (Å²) < 4.78 is 12.4. The van der Waals surface area contributed by atoms with Crippen LogP contribution in [0.15, 0.2) is 23.0 Å². The average molecular weight is 417 g/mol. The molecule has 1 fully saturated rings. The summed E-state index contributed by atoms with van der Waals surface area (Å²) in [6.07, 6.45) is 1.35. The number of carbonyl (C=O) groups excluding carboxylic acids is 1. The number of hydrogen-bond acceptors (Lipinski definition) is 6. The van der Waals surface area contributed by atoms with Gasteiger partial charge in [0.05, 0.1) is 18.3 Å². The van der Waals surface area contributed by atoms with E-state index in [1.54, 1.807) is 11.7 Å². The van der Waals surface area contributed by atoms with Crippen molar-refractivity contribution in [2.75, 3.05) is 26.7 Å². The molecule has 0 aliphatic carbocycles. The molecule has 0 radical (unpaired) electrons. The van der Waals surface area contributed by atoms with Gasteiger partial charge in [-0.1, -0.05) is 0 Å². The fourth-order valence-corrected chi connectivity index (χ4v) is 3.77. The minimum absolute atomic E-state index is 0.116. The molecule has 164 valence electrons. The van der Waals surface area contributed by atoms with Crippen LogP contribution in [0.25, 0.3) is 10.9 Å². The molecule has 1 aromatic heterocycles. The molecule has 1 saturated heterocycles. The monoisotopic (exact) mass is 416 g/mol. The molecule has 1 aliphatic heterocycles. The Hall–Kier alpha value is -2.61. The predicted molar refractivity (Wildman–Crippen MR) is 116 cm³/mol. The molecule has 8 heteroatoms. The van der Waals surface area contributed by atoms with Crippen LogP contribution in [0.5, 0.6) is 5.75 Å². The Bertz CT molecular complexity index is 956. The summed E-state index contributed by atoms with van der Waals surface area (Å²) in [7, 11) is 1.62. The number of rotatable bonds is 5. The smallest absolute Gasteiger partial charge is 0.407 e. The lowest BCUT2D eigenvalue weighted by molar-refractivity contribution is 0.0478. The van der Waals surface area contributed by atoms with Crippen LogP contribution in [0, 0.1) is 6.92 Å². The lowest BCUT2D eigenvalue weighted by atomic mass is 10.1. The molecule has 0 spiro atoms. The number of aromatic nitrogens is 2. The third kappa shape index (κ3) is 5.50. The molecule has 3 rings (SSSR count). The van der Waals surface area contributed by atoms with Crippen LogP contribution in [0.3, 0.4) is 0 Å². The highest BCUT2D eigenvalue weighted by molar-refractivity contribution is 5.82. The first kappa shape index (κ1) is 22.1. The van der Waals surface area contributed by atoms with E-state index in [9.17, 15) is 9.59 Å². The molecule has 0 saturated carbocycles. The number of nitrogens with zero attached hydrogens (tertiary/aromatic N) is 3. The van der Waals surface area contributed by atoms with E-state index in [0.717, 1.165) is 54.8 Å². The summed E-state index contributed by atoms with van der Waals surface area (Å²) in [6.45, 7) is 10.4. The molecule has 2 heterocycles. The lowest BCUT2D eigenvalue weighted by Gasteiger charge is -2.33. The molecule has 0 atom stereocenters. The highest BCUT2D eigenvalue weighted by atomic mass is 16.6. The summed E-state index contributed by atoms with van der Waals surface area (Å²) in [4.78, 5) is 31.0. The summed E-state index contributed by atoms with van der Waals surface area (Å²) in [5, 5.41) is 3.91. The van der Waals surface area contributed by atoms with Crippen molar-refractivity contribution in [2.45, 2.75) is 58.7 Å². The third-order valence-corrected chi connectivity index (χ3v) is 5.33. The summed E-state index contributed by atoms with van der Waals surface area (Å²) >= 11 is 0. The van der Waals surface area contributed by atoms with Crippen molar-refractivity contribution >= 4 is 17.0 Å². The predicted octanol–water partition coefficient (Wildman–Crippen LogP) is 2.70. The standard InChI is InChI=1S/C22H32N4O4/c1-15-18-7-6-17(29-5)14-19(18)26(20(27)23-15)13-12-25-10-8-16(9-11-25)24-21(28)30-22(2,3)4/h6-7,14,16H,8-13H2,1-5H3,(H,24,28). The maximum Gasteiger partial charge on any atom is 0.407 e. The number of aryl methyl sites for hydroxylation is 1. The first-order valence-corrected chi connectivity index (χ1v) is 10.4. The number of alkyl carbamates (subject to hydrolysis) is 1. The second-order valence-electron chi connectivity index (χ2n) is 8.78. The van der Waals surface area contributed by atoms with E-state index in [1.807, 2.05) is 45.9 Å². The number of piperidine rings is 1. The summed E-state index contributed by atoms with van der Waals surface area (Å²) in [5.74, 6) is 0.718. The molecule has 1 aliphatic rings. The third-order valence-electron chi connectivity index (χ3n) is 5.33. The van der Waals surface area contributed by atoms with Crippen molar-refractivity contribution in [1.82, 2.24) is 19.8 Å². The molecule has 30 heavy (non-hydrogen) atoms. The molecule has 1 amide bonds. The van der Waals surface area contributed by atoms with E-state index in [0.29, 0.717) is 6.54 Å². The molecule has 8 nitrogen and oxygen atoms in total. The number of fused-ring (bicyclic) bond motifs is 1. The number of amides is 1. The minimum atomic E-state index is -0.494. The zero-order valence-electron chi connectivity index (χ0n) is 18.5. The fraction of sp³-hybridized carbons (Fsp3) is 0.591. The molecule has 1 N–H and O–H groups in total. The Morgan fingerprint density at radius 3 is 2.57 bits per heavy atom. The van der Waals surface area contributed by atoms with Gasteiger partial charge in [0.2, 0.25) is 0 Å². The van der Waals surface area contributed by atoms with E-state index in [2.05, 4.69) is 15.2 Å². The van der Waals surface area contributed by atoms with Crippen molar-refractivity contribution < 1.29 is 14.3 Å². The van der Waals surface area contributed by atoms with E-state index in [1.165, 1.54) is 0 Å². The number of benzene rings is 1. The Labute approximate surface area is 177 Å². The van der Waals surface area contributed by atoms with Gasteiger partial charge in [0.1, 0.15) is 11.4 Å².